The van der Waals surface area contributed by atoms with Gasteiger partial charge in [-0.05, 0) is 55.7 Å². The van der Waals surface area contributed by atoms with Gasteiger partial charge in [0.05, 0.1) is 13.5 Å². The van der Waals surface area contributed by atoms with Crippen molar-refractivity contribution in [3.05, 3.63) is 29.6 Å². The number of halogens is 1. The second kappa shape index (κ2) is 6.04. The molecular weight excluding hydrogens is 269 g/mol. The van der Waals surface area contributed by atoms with Crippen LogP contribution in [0.2, 0.25) is 0 Å². The van der Waals surface area contributed by atoms with Gasteiger partial charge in [0.15, 0.2) is 0 Å². The third-order valence-corrected chi connectivity index (χ3v) is 4.68. The van der Waals surface area contributed by atoms with Crippen LogP contribution in [0.15, 0.2) is 18.2 Å². The third-order valence-electron chi connectivity index (χ3n) is 4.68. The highest BCUT2D eigenvalue weighted by atomic mass is 19.1. The summed E-state index contributed by atoms with van der Waals surface area (Å²) in [5, 5.41) is 0. The van der Waals surface area contributed by atoms with Crippen LogP contribution in [0, 0.1) is 17.7 Å². The zero-order valence-electron chi connectivity index (χ0n) is 12.5. The molecule has 1 saturated carbocycles. The van der Waals surface area contributed by atoms with Crippen LogP contribution in [0.1, 0.15) is 31.2 Å². The molecule has 1 saturated heterocycles. The first-order valence-electron chi connectivity index (χ1n) is 7.77. The molecule has 0 aromatic heterocycles. The molecule has 21 heavy (non-hydrogen) atoms. The number of hydrogen-bond donors (Lipinski definition) is 0. The molecule has 3 nitrogen and oxygen atoms in total. The first-order chi connectivity index (χ1) is 10.2. The van der Waals surface area contributed by atoms with Gasteiger partial charge in [-0.2, -0.15) is 0 Å². The molecule has 4 heteroatoms. The van der Waals surface area contributed by atoms with Crippen molar-refractivity contribution in [1.82, 2.24) is 4.90 Å². The summed E-state index contributed by atoms with van der Waals surface area (Å²) in [7, 11) is 1.55. The molecule has 3 rings (SSSR count). The van der Waals surface area contributed by atoms with E-state index in [1.807, 2.05) is 4.90 Å². The van der Waals surface area contributed by atoms with Crippen LogP contribution in [-0.2, 0) is 11.2 Å². The fourth-order valence-electron chi connectivity index (χ4n) is 3.35. The summed E-state index contributed by atoms with van der Waals surface area (Å²) in [6.07, 6.45) is 5.21. The highest BCUT2D eigenvalue weighted by molar-refractivity contribution is 5.79. The molecule has 1 aromatic rings. The lowest BCUT2D eigenvalue weighted by Gasteiger charge is -2.33. The summed E-state index contributed by atoms with van der Waals surface area (Å²) in [6.45, 7) is 1.71. The molecule has 0 bridgehead atoms. The minimum atomic E-state index is -0.326. The van der Waals surface area contributed by atoms with Crippen LogP contribution < -0.4 is 4.74 Å². The Morgan fingerprint density at radius 2 is 2.14 bits per heavy atom. The average molecular weight is 291 g/mol. The van der Waals surface area contributed by atoms with Gasteiger partial charge in [-0.25, -0.2) is 4.39 Å². The number of carbonyl (C=O) groups is 1. The standard InChI is InChI=1S/C17H22FNO2/c1-21-16-7-6-15(18)9-14(16)10-17(20)19-8-2-3-13(11-19)12-4-5-12/h6-7,9,12-13H,2-5,8,10-11H2,1H3/t13-/m0/s1. The predicted molar refractivity (Wildman–Crippen MR) is 78.7 cm³/mol. The van der Waals surface area contributed by atoms with Crippen molar-refractivity contribution in [2.45, 2.75) is 32.1 Å². The molecule has 0 N–H and O–H groups in total. The third kappa shape index (κ3) is 3.36. The number of benzene rings is 1. The monoisotopic (exact) mass is 291 g/mol. The Kier molecular flexibility index (Phi) is 4.13. The van der Waals surface area contributed by atoms with Gasteiger partial charge in [0.1, 0.15) is 11.6 Å². The number of rotatable bonds is 4. The van der Waals surface area contributed by atoms with Gasteiger partial charge < -0.3 is 9.64 Å². The number of hydrogen-bond acceptors (Lipinski definition) is 2. The highest BCUT2D eigenvalue weighted by Gasteiger charge is 2.35. The van der Waals surface area contributed by atoms with Crippen LogP contribution in [0.4, 0.5) is 4.39 Å². The Hall–Kier alpha value is -1.58. The number of ether oxygens (including phenoxy) is 1. The SMILES string of the molecule is COc1ccc(F)cc1CC(=O)N1CCC[C@H](C2CC2)C1. The Balaban J connectivity index is 1.66. The van der Waals surface area contributed by atoms with E-state index in [0.717, 1.165) is 25.4 Å². The molecule has 1 aliphatic heterocycles. The molecule has 1 atom stereocenters. The summed E-state index contributed by atoms with van der Waals surface area (Å²) >= 11 is 0. The molecule has 1 heterocycles. The lowest BCUT2D eigenvalue weighted by atomic mass is 9.93. The van der Waals surface area contributed by atoms with Crippen LogP contribution in [0.5, 0.6) is 5.75 Å². The maximum absolute atomic E-state index is 13.4. The van der Waals surface area contributed by atoms with Crippen molar-refractivity contribution in [1.29, 1.82) is 0 Å². The first kappa shape index (κ1) is 14.4. The quantitative estimate of drug-likeness (QED) is 0.853. The number of methoxy groups -OCH3 is 1. The smallest absolute Gasteiger partial charge is 0.227 e. The summed E-state index contributed by atoms with van der Waals surface area (Å²) in [4.78, 5) is 14.4. The Labute approximate surface area is 125 Å². The Bertz CT molecular complexity index is 528. The van der Waals surface area contributed by atoms with E-state index in [0.29, 0.717) is 17.2 Å². The van der Waals surface area contributed by atoms with Crippen LogP contribution >= 0.6 is 0 Å². The van der Waals surface area contributed by atoms with Crippen molar-refractivity contribution in [3.8, 4) is 5.75 Å². The molecule has 1 amide bonds. The van der Waals surface area contributed by atoms with E-state index >= 15 is 0 Å². The van der Waals surface area contributed by atoms with Crippen molar-refractivity contribution < 1.29 is 13.9 Å². The topological polar surface area (TPSA) is 29.5 Å². The number of nitrogens with zero attached hydrogens (tertiary/aromatic N) is 1. The summed E-state index contributed by atoms with van der Waals surface area (Å²) in [5.41, 5.74) is 0.635. The van der Waals surface area contributed by atoms with Gasteiger partial charge in [0.2, 0.25) is 5.91 Å². The van der Waals surface area contributed by atoms with Crippen molar-refractivity contribution in [2.24, 2.45) is 11.8 Å². The van der Waals surface area contributed by atoms with Gasteiger partial charge in [-0.15, -0.1) is 0 Å². The number of amides is 1. The molecular formula is C17H22FNO2. The van der Waals surface area contributed by atoms with Gasteiger partial charge >= 0.3 is 0 Å². The van der Waals surface area contributed by atoms with Crippen molar-refractivity contribution in [2.75, 3.05) is 20.2 Å². The largest absolute Gasteiger partial charge is 0.496 e. The van der Waals surface area contributed by atoms with E-state index in [4.69, 9.17) is 4.74 Å². The molecule has 114 valence electrons. The van der Waals surface area contributed by atoms with Gasteiger partial charge in [0, 0.05) is 18.7 Å². The zero-order chi connectivity index (χ0) is 14.8. The molecule has 1 aliphatic carbocycles. The molecule has 0 spiro atoms. The van der Waals surface area contributed by atoms with E-state index < -0.39 is 0 Å². The van der Waals surface area contributed by atoms with E-state index in [1.54, 1.807) is 13.2 Å². The van der Waals surface area contributed by atoms with Crippen LogP contribution in [0.25, 0.3) is 0 Å². The molecule has 0 radical (unpaired) electrons. The van der Waals surface area contributed by atoms with E-state index in [9.17, 15) is 9.18 Å². The number of likely N-dealkylation sites (tertiary alicyclic amines) is 1. The number of piperidine rings is 1. The fourth-order valence-corrected chi connectivity index (χ4v) is 3.35. The van der Waals surface area contributed by atoms with E-state index in [1.165, 1.54) is 31.4 Å². The minimum Gasteiger partial charge on any atom is -0.496 e. The summed E-state index contributed by atoms with van der Waals surface area (Å²) in [6, 6.07) is 4.34. The molecule has 0 unspecified atom stereocenters. The Morgan fingerprint density at radius 1 is 1.33 bits per heavy atom. The lowest BCUT2D eigenvalue weighted by molar-refractivity contribution is -0.132. The normalized spacial score (nSPS) is 22.2. The first-order valence-corrected chi connectivity index (χ1v) is 7.77. The van der Waals surface area contributed by atoms with E-state index in [2.05, 4.69) is 0 Å². The lowest BCUT2D eigenvalue weighted by Crippen LogP contribution is -2.41. The van der Waals surface area contributed by atoms with Crippen LogP contribution in [-0.4, -0.2) is 31.0 Å². The van der Waals surface area contributed by atoms with Crippen molar-refractivity contribution >= 4 is 5.91 Å². The fraction of sp³-hybridized carbons (Fsp3) is 0.588. The highest BCUT2D eigenvalue weighted by Crippen LogP contribution is 2.41. The maximum atomic E-state index is 13.4. The van der Waals surface area contributed by atoms with E-state index in [-0.39, 0.29) is 18.1 Å². The summed E-state index contributed by atoms with van der Waals surface area (Å²) < 4.78 is 18.6. The van der Waals surface area contributed by atoms with Gasteiger partial charge in [-0.1, -0.05) is 0 Å². The second-order valence-electron chi connectivity index (χ2n) is 6.21. The molecule has 2 aliphatic rings. The average Bonchev–Trinajstić information content (AvgIpc) is 3.32. The minimum absolute atomic E-state index is 0.0873. The Morgan fingerprint density at radius 3 is 2.86 bits per heavy atom. The van der Waals surface area contributed by atoms with Gasteiger partial charge in [0.25, 0.3) is 0 Å². The van der Waals surface area contributed by atoms with Gasteiger partial charge in [-0.3, -0.25) is 4.79 Å². The second-order valence-corrected chi connectivity index (χ2v) is 6.21. The predicted octanol–water partition coefficient (Wildman–Crippen LogP) is 3.03. The maximum Gasteiger partial charge on any atom is 0.227 e. The molecule has 2 fully saturated rings. The molecule has 1 aromatic carbocycles. The zero-order valence-corrected chi connectivity index (χ0v) is 12.5. The van der Waals surface area contributed by atoms with Crippen LogP contribution in [0.3, 0.4) is 0 Å². The number of carbonyl (C=O) groups excluding carboxylic acids is 1. The van der Waals surface area contributed by atoms with Crippen molar-refractivity contribution in [3.63, 3.8) is 0 Å². The summed E-state index contributed by atoms with van der Waals surface area (Å²) in [5.74, 6) is 1.86.